The number of pyridine rings is 1. The number of aromatic nitrogens is 1. The van der Waals surface area contributed by atoms with Crippen LogP contribution in [0.15, 0.2) is 12.3 Å². The van der Waals surface area contributed by atoms with E-state index in [1.165, 1.54) is 4.90 Å². The second kappa shape index (κ2) is 4.72. The number of carbonyl (C=O) groups is 1. The van der Waals surface area contributed by atoms with Gasteiger partial charge in [0.05, 0.1) is 22.9 Å². The lowest BCUT2D eigenvalue weighted by Gasteiger charge is -2.23. The zero-order valence-electron chi connectivity index (χ0n) is 10.1. The van der Waals surface area contributed by atoms with Gasteiger partial charge in [0.15, 0.2) is 0 Å². The molecule has 0 spiro atoms. The summed E-state index contributed by atoms with van der Waals surface area (Å²) < 4.78 is 0. The molecule has 1 N–H and O–H groups in total. The summed E-state index contributed by atoms with van der Waals surface area (Å²) >= 11 is 11.8. The standard InChI is InChI=1S/C12H13Cl2N3O2/c13-9-3-8(4-15-11(9)14)16-5-7-1-2-17(12(18)19)10(7)6-16/h3-4,7,10H,1-2,5-6H2,(H,18,19)/t7-,10+/m1/s1. The van der Waals surface area contributed by atoms with Crippen molar-refractivity contribution in [1.29, 1.82) is 0 Å². The molecule has 0 saturated carbocycles. The van der Waals surface area contributed by atoms with E-state index in [0.29, 0.717) is 24.0 Å². The molecule has 2 saturated heterocycles. The van der Waals surface area contributed by atoms with Gasteiger partial charge in [-0.05, 0) is 12.5 Å². The van der Waals surface area contributed by atoms with Crippen molar-refractivity contribution < 1.29 is 9.90 Å². The molecule has 2 fully saturated rings. The van der Waals surface area contributed by atoms with E-state index >= 15 is 0 Å². The molecule has 1 aromatic rings. The molecule has 102 valence electrons. The molecular weight excluding hydrogens is 289 g/mol. The number of rotatable bonds is 1. The summed E-state index contributed by atoms with van der Waals surface area (Å²) in [5.74, 6) is 0.394. The maximum atomic E-state index is 11.1. The summed E-state index contributed by atoms with van der Waals surface area (Å²) in [6, 6.07) is 1.86. The number of hydrogen-bond acceptors (Lipinski definition) is 3. The fourth-order valence-electron chi connectivity index (χ4n) is 2.99. The zero-order chi connectivity index (χ0) is 13.6. The van der Waals surface area contributed by atoms with Crippen LogP contribution in [-0.4, -0.2) is 46.8 Å². The first-order valence-electron chi connectivity index (χ1n) is 6.12. The van der Waals surface area contributed by atoms with Gasteiger partial charge >= 0.3 is 6.09 Å². The quantitative estimate of drug-likeness (QED) is 0.810. The van der Waals surface area contributed by atoms with E-state index in [1.807, 2.05) is 0 Å². The highest BCUT2D eigenvalue weighted by Crippen LogP contribution is 2.35. The van der Waals surface area contributed by atoms with Gasteiger partial charge in [0.1, 0.15) is 5.15 Å². The first kappa shape index (κ1) is 12.8. The van der Waals surface area contributed by atoms with Crippen LogP contribution in [0.1, 0.15) is 6.42 Å². The molecular formula is C12H13Cl2N3O2. The van der Waals surface area contributed by atoms with Crippen LogP contribution in [0.4, 0.5) is 10.5 Å². The van der Waals surface area contributed by atoms with E-state index in [1.54, 1.807) is 12.3 Å². The third-order valence-corrected chi connectivity index (χ3v) is 4.63. The highest BCUT2D eigenvalue weighted by atomic mass is 35.5. The summed E-state index contributed by atoms with van der Waals surface area (Å²) in [7, 11) is 0. The van der Waals surface area contributed by atoms with Gasteiger partial charge in [0.25, 0.3) is 0 Å². The highest BCUT2D eigenvalue weighted by molar-refractivity contribution is 6.41. The Balaban J connectivity index is 1.79. The summed E-state index contributed by atoms with van der Waals surface area (Å²) in [4.78, 5) is 18.8. The minimum Gasteiger partial charge on any atom is -0.465 e. The van der Waals surface area contributed by atoms with Crippen molar-refractivity contribution >= 4 is 35.0 Å². The number of amides is 1. The van der Waals surface area contributed by atoms with E-state index in [9.17, 15) is 4.79 Å². The van der Waals surface area contributed by atoms with Gasteiger partial charge < -0.3 is 14.9 Å². The van der Waals surface area contributed by atoms with Crippen molar-refractivity contribution in [3.63, 3.8) is 0 Å². The average molecular weight is 302 g/mol. The normalized spacial score (nSPS) is 25.8. The molecule has 3 rings (SSSR count). The van der Waals surface area contributed by atoms with Crippen LogP contribution in [0.2, 0.25) is 10.2 Å². The second-order valence-electron chi connectivity index (χ2n) is 4.96. The van der Waals surface area contributed by atoms with Crippen molar-refractivity contribution in [2.45, 2.75) is 12.5 Å². The lowest BCUT2D eigenvalue weighted by molar-refractivity contribution is 0.140. The maximum absolute atomic E-state index is 11.1. The van der Waals surface area contributed by atoms with Gasteiger partial charge in [-0.25, -0.2) is 9.78 Å². The van der Waals surface area contributed by atoms with E-state index < -0.39 is 6.09 Å². The van der Waals surface area contributed by atoms with Gasteiger partial charge in [-0.2, -0.15) is 0 Å². The van der Waals surface area contributed by atoms with Crippen LogP contribution < -0.4 is 4.90 Å². The Morgan fingerprint density at radius 3 is 2.89 bits per heavy atom. The topological polar surface area (TPSA) is 56.7 Å². The number of anilines is 1. The lowest BCUT2D eigenvalue weighted by Crippen LogP contribution is -2.38. The van der Waals surface area contributed by atoms with Crippen LogP contribution in [0, 0.1) is 5.92 Å². The van der Waals surface area contributed by atoms with Gasteiger partial charge in [-0.1, -0.05) is 23.2 Å². The minimum atomic E-state index is -0.832. The van der Waals surface area contributed by atoms with Crippen LogP contribution in [-0.2, 0) is 0 Å². The molecule has 0 unspecified atom stereocenters. The predicted octanol–water partition coefficient (Wildman–Crippen LogP) is 2.58. The molecule has 19 heavy (non-hydrogen) atoms. The van der Waals surface area contributed by atoms with Crippen molar-refractivity contribution in [3.05, 3.63) is 22.4 Å². The SMILES string of the molecule is O=C(O)N1CC[C@@H]2CN(c3cnc(Cl)c(Cl)c3)C[C@@H]21. The third-order valence-electron chi connectivity index (χ3n) is 3.94. The zero-order valence-corrected chi connectivity index (χ0v) is 11.6. The van der Waals surface area contributed by atoms with Crippen molar-refractivity contribution in [2.24, 2.45) is 5.92 Å². The Morgan fingerprint density at radius 2 is 2.21 bits per heavy atom. The van der Waals surface area contributed by atoms with Crippen molar-refractivity contribution in [2.75, 3.05) is 24.5 Å². The van der Waals surface area contributed by atoms with Crippen LogP contribution in [0.25, 0.3) is 0 Å². The van der Waals surface area contributed by atoms with Gasteiger partial charge in [0, 0.05) is 25.6 Å². The van der Waals surface area contributed by atoms with E-state index in [0.717, 1.165) is 18.7 Å². The first-order chi connectivity index (χ1) is 9.06. The highest BCUT2D eigenvalue weighted by Gasteiger charge is 2.43. The predicted molar refractivity (Wildman–Crippen MR) is 73.1 cm³/mol. The third kappa shape index (κ3) is 2.21. The van der Waals surface area contributed by atoms with Crippen molar-refractivity contribution in [1.82, 2.24) is 9.88 Å². The Bertz CT molecular complexity index is 526. The summed E-state index contributed by atoms with van der Waals surface area (Å²) in [6.07, 6.45) is 1.77. The smallest absolute Gasteiger partial charge is 0.407 e. The molecule has 7 heteroatoms. The lowest BCUT2D eigenvalue weighted by atomic mass is 10.1. The molecule has 2 atom stereocenters. The number of nitrogens with zero attached hydrogens (tertiary/aromatic N) is 3. The largest absolute Gasteiger partial charge is 0.465 e. The fraction of sp³-hybridized carbons (Fsp3) is 0.500. The van der Waals surface area contributed by atoms with Gasteiger partial charge in [-0.3, -0.25) is 0 Å². The Kier molecular flexibility index (Phi) is 3.19. The first-order valence-corrected chi connectivity index (χ1v) is 6.87. The number of fused-ring (bicyclic) bond motifs is 1. The summed E-state index contributed by atoms with van der Waals surface area (Å²) in [5.41, 5.74) is 0.897. The molecule has 5 nitrogen and oxygen atoms in total. The fourth-order valence-corrected chi connectivity index (χ4v) is 3.26. The van der Waals surface area contributed by atoms with Gasteiger partial charge in [0.2, 0.25) is 0 Å². The monoisotopic (exact) mass is 301 g/mol. The van der Waals surface area contributed by atoms with Crippen molar-refractivity contribution in [3.8, 4) is 0 Å². The molecule has 2 aliphatic rings. The van der Waals surface area contributed by atoms with Crippen LogP contribution in [0.3, 0.4) is 0 Å². The van der Waals surface area contributed by atoms with E-state index in [2.05, 4.69) is 9.88 Å². The molecule has 2 aliphatic heterocycles. The Hall–Kier alpha value is -1.20. The van der Waals surface area contributed by atoms with E-state index in [-0.39, 0.29) is 11.2 Å². The van der Waals surface area contributed by atoms with Crippen LogP contribution >= 0.6 is 23.2 Å². The summed E-state index contributed by atoms with van der Waals surface area (Å²) in [6.45, 7) is 2.17. The molecule has 1 aromatic heterocycles. The summed E-state index contributed by atoms with van der Waals surface area (Å²) in [5, 5.41) is 9.87. The van der Waals surface area contributed by atoms with E-state index in [4.69, 9.17) is 28.3 Å². The number of carboxylic acid groups (broad SMARTS) is 1. The second-order valence-corrected chi connectivity index (χ2v) is 5.73. The number of halogens is 2. The molecule has 3 heterocycles. The number of likely N-dealkylation sites (tertiary alicyclic amines) is 1. The van der Waals surface area contributed by atoms with Crippen LogP contribution in [0.5, 0.6) is 0 Å². The number of hydrogen-bond donors (Lipinski definition) is 1. The minimum absolute atomic E-state index is 0.0759. The molecule has 0 aromatic carbocycles. The Labute approximate surface area is 120 Å². The molecule has 1 amide bonds. The van der Waals surface area contributed by atoms with Gasteiger partial charge in [-0.15, -0.1) is 0 Å². The molecule has 0 radical (unpaired) electrons. The average Bonchev–Trinajstić information content (AvgIpc) is 2.91. The molecule has 0 aliphatic carbocycles. The maximum Gasteiger partial charge on any atom is 0.407 e. The Morgan fingerprint density at radius 1 is 1.42 bits per heavy atom. The molecule has 0 bridgehead atoms.